The van der Waals surface area contributed by atoms with Gasteiger partial charge >= 0.3 is 0 Å². The lowest BCUT2D eigenvalue weighted by atomic mass is 10.1. The number of amidine groups is 1. The molecule has 0 saturated heterocycles. The van der Waals surface area contributed by atoms with Crippen LogP contribution in [0.4, 0.5) is 0 Å². The maximum atomic E-state index is 5.67. The van der Waals surface area contributed by atoms with Crippen LogP contribution in [0.1, 0.15) is 12.5 Å². The van der Waals surface area contributed by atoms with Crippen LogP contribution in [0, 0.1) is 0 Å². The molecule has 0 aliphatic carbocycles. The predicted octanol–water partition coefficient (Wildman–Crippen LogP) is 1.44. The Morgan fingerprint density at radius 1 is 1.43 bits per heavy atom. The fraction of sp³-hybridized carbons (Fsp3) is 0.400. The highest BCUT2D eigenvalue weighted by molar-refractivity contribution is 8.14. The van der Waals surface area contributed by atoms with Crippen molar-refractivity contribution in [3.63, 3.8) is 0 Å². The fourth-order valence-electron chi connectivity index (χ4n) is 1.54. The SMILES string of the molecule is CC1SC(N)=NC1Cc1ccncc1. The zero-order valence-corrected chi connectivity index (χ0v) is 8.87. The van der Waals surface area contributed by atoms with Crippen molar-refractivity contribution in [3.05, 3.63) is 30.1 Å². The Kier molecular flexibility index (Phi) is 2.72. The second kappa shape index (κ2) is 4.00. The Morgan fingerprint density at radius 2 is 2.14 bits per heavy atom. The van der Waals surface area contributed by atoms with Gasteiger partial charge < -0.3 is 5.73 Å². The molecular weight excluding hydrogens is 194 g/mol. The van der Waals surface area contributed by atoms with Gasteiger partial charge in [0, 0.05) is 17.6 Å². The van der Waals surface area contributed by atoms with E-state index in [0.29, 0.717) is 11.3 Å². The van der Waals surface area contributed by atoms with E-state index in [1.807, 2.05) is 24.5 Å². The number of hydrogen-bond donors (Lipinski definition) is 1. The highest BCUT2D eigenvalue weighted by Crippen LogP contribution is 2.26. The van der Waals surface area contributed by atoms with Crippen molar-refractivity contribution in [3.8, 4) is 0 Å². The molecule has 2 unspecified atom stereocenters. The second-order valence-corrected chi connectivity index (χ2v) is 4.81. The van der Waals surface area contributed by atoms with Gasteiger partial charge in [-0.25, -0.2) is 0 Å². The van der Waals surface area contributed by atoms with Crippen LogP contribution in [0.3, 0.4) is 0 Å². The van der Waals surface area contributed by atoms with E-state index < -0.39 is 0 Å². The van der Waals surface area contributed by atoms with Crippen LogP contribution in [0.2, 0.25) is 0 Å². The van der Waals surface area contributed by atoms with E-state index in [0.717, 1.165) is 11.6 Å². The summed E-state index contributed by atoms with van der Waals surface area (Å²) in [4.78, 5) is 8.39. The summed E-state index contributed by atoms with van der Waals surface area (Å²) in [7, 11) is 0. The molecule has 0 bridgehead atoms. The van der Waals surface area contributed by atoms with Gasteiger partial charge in [0.05, 0.1) is 6.04 Å². The molecule has 0 aromatic carbocycles. The van der Waals surface area contributed by atoms with Gasteiger partial charge in [-0.2, -0.15) is 0 Å². The smallest absolute Gasteiger partial charge is 0.154 e. The molecule has 3 nitrogen and oxygen atoms in total. The third kappa shape index (κ3) is 2.07. The summed E-state index contributed by atoms with van der Waals surface area (Å²) in [6, 6.07) is 4.38. The maximum absolute atomic E-state index is 5.67. The molecule has 74 valence electrons. The minimum atomic E-state index is 0.322. The van der Waals surface area contributed by atoms with Crippen molar-refractivity contribution < 1.29 is 0 Å². The number of nitrogens with two attached hydrogens (primary N) is 1. The van der Waals surface area contributed by atoms with Crippen molar-refractivity contribution in [2.45, 2.75) is 24.6 Å². The first kappa shape index (κ1) is 9.52. The molecule has 2 N–H and O–H groups in total. The van der Waals surface area contributed by atoms with Gasteiger partial charge in [-0.15, -0.1) is 0 Å². The molecule has 0 amide bonds. The van der Waals surface area contributed by atoms with Crippen LogP contribution in [-0.2, 0) is 6.42 Å². The molecular formula is C10H13N3S. The Bertz CT molecular complexity index is 336. The minimum Gasteiger partial charge on any atom is -0.379 e. The number of thioether (sulfide) groups is 1. The first-order valence-corrected chi connectivity index (χ1v) is 5.52. The van der Waals surface area contributed by atoms with E-state index in [4.69, 9.17) is 5.73 Å². The molecule has 0 saturated carbocycles. The summed E-state index contributed by atoms with van der Waals surface area (Å²) in [6.45, 7) is 2.17. The second-order valence-electron chi connectivity index (χ2n) is 3.42. The van der Waals surface area contributed by atoms with Gasteiger partial charge in [-0.05, 0) is 24.1 Å². The van der Waals surface area contributed by atoms with Crippen molar-refractivity contribution in [2.24, 2.45) is 10.7 Å². The van der Waals surface area contributed by atoms with Crippen molar-refractivity contribution in [2.75, 3.05) is 0 Å². The standard InChI is InChI=1S/C10H13N3S/c1-7-9(13-10(11)14-7)6-8-2-4-12-5-3-8/h2-5,7,9H,6H2,1H3,(H2,11,13). The Labute approximate surface area is 87.8 Å². The van der Waals surface area contributed by atoms with Crippen LogP contribution in [-0.4, -0.2) is 21.4 Å². The number of aromatic nitrogens is 1. The number of aliphatic imine (C=N–C) groups is 1. The molecule has 1 aromatic rings. The van der Waals surface area contributed by atoms with Gasteiger partial charge in [0.2, 0.25) is 0 Å². The Hall–Kier alpha value is -1.03. The number of pyridine rings is 1. The van der Waals surface area contributed by atoms with Crippen molar-refractivity contribution in [1.82, 2.24) is 4.98 Å². The number of nitrogens with zero attached hydrogens (tertiary/aromatic N) is 2. The van der Waals surface area contributed by atoms with Crippen LogP contribution < -0.4 is 5.73 Å². The van der Waals surface area contributed by atoms with Gasteiger partial charge in [-0.1, -0.05) is 18.7 Å². The molecule has 1 aliphatic heterocycles. The lowest BCUT2D eigenvalue weighted by molar-refractivity contribution is 0.674. The lowest BCUT2D eigenvalue weighted by Crippen LogP contribution is -2.16. The minimum absolute atomic E-state index is 0.322. The van der Waals surface area contributed by atoms with E-state index in [2.05, 4.69) is 16.9 Å². The van der Waals surface area contributed by atoms with Crippen LogP contribution in [0.15, 0.2) is 29.5 Å². The van der Waals surface area contributed by atoms with E-state index >= 15 is 0 Å². The predicted molar refractivity (Wildman–Crippen MR) is 60.4 cm³/mol. The molecule has 1 aromatic heterocycles. The summed E-state index contributed by atoms with van der Waals surface area (Å²) < 4.78 is 0. The monoisotopic (exact) mass is 207 g/mol. The highest BCUT2D eigenvalue weighted by atomic mass is 32.2. The summed E-state index contributed by atoms with van der Waals surface area (Å²) in [6.07, 6.45) is 4.59. The van der Waals surface area contributed by atoms with E-state index in [-0.39, 0.29) is 0 Å². The number of hydrogen-bond acceptors (Lipinski definition) is 4. The topological polar surface area (TPSA) is 51.3 Å². The van der Waals surface area contributed by atoms with Gasteiger partial charge in [0.15, 0.2) is 5.17 Å². The highest BCUT2D eigenvalue weighted by Gasteiger charge is 2.24. The van der Waals surface area contributed by atoms with E-state index in [9.17, 15) is 0 Å². The molecule has 2 rings (SSSR count). The molecule has 14 heavy (non-hydrogen) atoms. The summed E-state index contributed by atoms with van der Waals surface area (Å²) in [5.74, 6) is 0. The average molecular weight is 207 g/mol. The third-order valence-corrected chi connectivity index (χ3v) is 3.37. The Morgan fingerprint density at radius 3 is 2.71 bits per heavy atom. The summed E-state index contributed by atoms with van der Waals surface area (Å²) >= 11 is 1.66. The van der Waals surface area contributed by atoms with Crippen LogP contribution in [0.25, 0.3) is 0 Å². The first-order chi connectivity index (χ1) is 6.75. The quantitative estimate of drug-likeness (QED) is 0.798. The fourth-order valence-corrected chi connectivity index (χ4v) is 2.43. The molecule has 0 radical (unpaired) electrons. The zero-order valence-electron chi connectivity index (χ0n) is 8.05. The van der Waals surface area contributed by atoms with Crippen molar-refractivity contribution >= 4 is 16.9 Å². The normalized spacial score (nSPS) is 26.2. The Balaban J connectivity index is 2.05. The average Bonchev–Trinajstić information content (AvgIpc) is 2.47. The van der Waals surface area contributed by atoms with Gasteiger partial charge in [0.1, 0.15) is 0 Å². The third-order valence-electron chi connectivity index (χ3n) is 2.34. The molecule has 0 spiro atoms. The van der Waals surface area contributed by atoms with Gasteiger partial charge in [-0.3, -0.25) is 9.98 Å². The lowest BCUT2D eigenvalue weighted by Gasteiger charge is -2.11. The van der Waals surface area contributed by atoms with Crippen molar-refractivity contribution in [1.29, 1.82) is 0 Å². The zero-order chi connectivity index (χ0) is 9.97. The van der Waals surface area contributed by atoms with Gasteiger partial charge in [0.25, 0.3) is 0 Å². The molecule has 0 fully saturated rings. The first-order valence-electron chi connectivity index (χ1n) is 4.64. The summed E-state index contributed by atoms with van der Waals surface area (Å²) in [5, 5.41) is 1.21. The van der Waals surface area contributed by atoms with Crippen LogP contribution in [0.5, 0.6) is 0 Å². The molecule has 1 aliphatic rings. The summed E-state index contributed by atoms with van der Waals surface area (Å²) in [5.41, 5.74) is 6.94. The molecule has 4 heteroatoms. The van der Waals surface area contributed by atoms with Crippen LogP contribution >= 0.6 is 11.8 Å². The van der Waals surface area contributed by atoms with E-state index in [1.54, 1.807) is 11.8 Å². The largest absolute Gasteiger partial charge is 0.379 e. The van der Waals surface area contributed by atoms with E-state index in [1.165, 1.54) is 5.56 Å². The maximum Gasteiger partial charge on any atom is 0.154 e. The number of rotatable bonds is 2. The molecule has 2 atom stereocenters. The molecule has 2 heterocycles.